The van der Waals surface area contributed by atoms with Crippen LogP contribution < -0.4 is 4.74 Å². The van der Waals surface area contributed by atoms with E-state index in [1.807, 2.05) is 24.3 Å². The molecule has 2 aliphatic heterocycles. The highest BCUT2D eigenvalue weighted by molar-refractivity contribution is 5.37. The molecule has 0 bridgehead atoms. The topological polar surface area (TPSA) is 32.7 Å². The number of benzene rings is 1. The molecule has 3 heteroatoms. The second-order valence-corrected chi connectivity index (χ2v) is 5.80. The van der Waals surface area contributed by atoms with Gasteiger partial charge in [-0.1, -0.05) is 31.0 Å². The Morgan fingerprint density at radius 3 is 2.95 bits per heavy atom. The number of aliphatic hydroxyl groups is 1. The van der Waals surface area contributed by atoms with E-state index in [1.165, 1.54) is 25.7 Å². The first kappa shape index (κ1) is 12.9. The van der Waals surface area contributed by atoms with Crippen molar-refractivity contribution in [2.45, 2.75) is 50.8 Å². The Bertz CT molecular complexity index is 435. The standard InChI is InChI=1S/C16H23NO2/c1-12-7-3-2-6-10-17(12)14-11-19-15-9-5-4-8-13(15)16(14)18/h4-5,8-9,12,14,16,18H,2-3,6-7,10-11H2,1H3. The van der Waals surface area contributed by atoms with Crippen LogP contribution in [0.4, 0.5) is 0 Å². The lowest BCUT2D eigenvalue weighted by molar-refractivity contribution is -0.0122. The Kier molecular flexibility index (Phi) is 3.76. The number of likely N-dealkylation sites (tertiary alicyclic amines) is 1. The summed E-state index contributed by atoms with van der Waals surface area (Å²) in [6, 6.07) is 8.49. The number of nitrogens with zero attached hydrogens (tertiary/aromatic N) is 1. The van der Waals surface area contributed by atoms with E-state index in [1.54, 1.807) is 0 Å². The molecule has 0 saturated carbocycles. The molecule has 3 unspecified atom stereocenters. The molecule has 1 aromatic carbocycles. The van der Waals surface area contributed by atoms with Crippen LogP contribution in [0.2, 0.25) is 0 Å². The van der Waals surface area contributed by atoms with Gasteiger partial charge in [0, 0.05) is 11.6 Å². The average Bonchev–Trinajstić information content (AvgIpc) is 2.65. The van der Waals surface area contributed by atoms with Gasteiger partial charge >= 0.3 is 0 Å². The van der Waals surface area contributed by atoms with E-state index in [2.05, 4.69) is 11.8 Å². The van der Waals surface area contributed by atoms with E-state index in [-0.39, 0.29) is 6.04 Å². The Morgan fingerprint density at radius 1 is 1.21 bits per heavy atom. The number of hydrogen-bond acceptors (Lipinski definition) is 3. The smallest absolute Gasteiger partial charge is 0.125 e. The number of aliphatic hydroxyl groups excluding tert-OH is 1. The molecule has 1 N–H and O–H groups in total. The Labute approximate surface area is 115 Å². The van der Waals surface area contributed by atoms with Crippen LogP contribution in [0, 0.1) is 0 Å². The number of hydrogen-bond donors (Lipinski definition) is 1. The molecule has 1 fully saturated rings. The second kappa shape index (κ2) is 5.51. The van der Waals surface area contributed by atoms with Crippen molar-refractivity contribution >= 4 is 0 Å². The third-order valence-corrected chi connectivity index (χ3v) is 4.54. The molecule has 3 nitrogen and oxygen atoms in total. The summed E-state index contributed by atoms with van der Waals surface area (Å²) in [5.41, 5.74) is 0.940. The summed E-state index contributed by atoms with van der Waals surface area (Å²) < 4.78 is 5.85. The minimum atomic E-state index is -0.425. The summed E-state index contributed by atoms with van der Waals surface area (Å²) in [5.74, 6) is 0.841. The zero-order valence-corrected chi connectivity index (χ0v) is 11.6. The number of rotatable bonds is 1. The summed E-state index contributed by atoms with van der Waals surface area (Å²) >= 11 is 0. The van der Waals surface area contributed by atoms with Gasteiger partial charge in [0.2, 0.25) is 0 Å². The van der Waals surface area contributed by atoms with Crippen LogP contribution in [-0.4, -0.2) is 35.2 Å². The fourth-order valence-corrected chi connectivity index (χ4v) is 3.40. The molecule has 19 heavy (non-hydrogen) atoms. The predicted octanol–water partition coefficient (Wildman–Crippen LogP) is 2.75. The highest BCUT2D eigenvalue weighted by Crippen LogP contribution is 2.35. The largest absolute Gasteiger partial charge is 0.491 e. The van der Waals surface area contributed by atoms with Crippen LogP contribution in [0.15, 0.2) is 24.3 Å². The summed E-state index contributed by atoms with van der Waals surface area (Å²) in [6.07, 6.45) is 4.64. The second-order valence-electron chi connectivity index (χ2n) is 5.80. The monoisotopic (exact) mass is 261 g/mol. The molecule has 2 aliphatic rings. The highest BCUT2D eigenvalue weighted by atomic mass is 16.5. The number of para-hydroxylation sites is 1. The minimum Gasteiger partial charge on any atom is -0.491 e. The molecule has 3 rings (SSSR count). The van der Waals surface area contributed by atoms with Gasteiger partial charge in [0.05, 0.1) is 6.04 Å². The highest BCUT2D eigenvalue weighted by Gasteiger charge is 2.35. The van der Waals surface area contributed by atoms with E-state index in [0.29, 0.717) is 12.6 Å². The normalized spacial score (nSPS) is 32.2. The molecule has 0 spiro atoms. The lowest BCUT2D eigenvalue weighted by Crippen LogP contribution is -2.49. The third kappa shape index (κ3) is 2.49. The van der Waals surface area contributed by atoms with Crippen molar-refractivity contribution in [1.82, 2.24) is 4.90 Å². The minimum absolute atomic E-state index is 0.1000. The molecule has 104 valence electrons. The van der Waals surface area contributed by atoms with Gasteiger partial charge in [-0.15, -0.1) is 0 Å². The van der Waals surface area contributed by atoms with Gasteiger partial charge < -0.3 is 9.84 Å². The zero-order valence-electron chi connectivity index (χ0n) is 11.6. The van der Waals surface area contributed by atoms with Gasteiger partial charge in [-0.25, -0.2) is 0 Å². The van der Waals surface area contributed by atoms with Crippen LogP contribution in [-0.2, 0) is 0 Å². The lowest BCUT2D eigenvalue weighted by atomic mass is 9.96. The Morgan fingerprint density at radius 2 is 2.05 bits per heavy atom. The van der Waals surface area contributed by atoms with Crippen molar-refractivity contribution in [2.24, 2.45) is 0 Å². The first-order chi connectivity index (χ1) is 9.27. The molecule has 2 heterocycles. The fourth-order valence-electron chi connectivity index (χ4n) is 3.40. The van der Waals surface area contributed by atoms with E-state index in [9.17, 15) is 5.11 Å². The molecule has 0 aliphatic carbocycles. The first-order valence-electron chi connectivity index (χ1n) is 7.43. The molecule has 0 amide bonds. The van der Waals surface area contributed by atoms with Crippen LogP contribution in [0.25, 0.3) is 0 Å². The number of ether oxygens (including phenoxy) is 1. The molecule has 3 atom stereocenters. The van der Waals surface area contributed by atoms with Crippen molar-refractivity contribution < 1.29 is 9.84 Å². The van der Waals surface area contributed by atoms with Crippen molar-refractivity contribution in [2.75, 3.05) is 13.2 Å². The van der Waals surface area contributed by atoms with Crippen molar-refractivity contribution in [3.8, 4) is 5.75 Å². The summed E-state index contributed by atoms with van der Waals surface area (Å²) in [4.78, 5) is 2.45. The van der Waals surface area contributed by atoms with Crippen molar-refractivity contribution in [1.29, 1.82) is 0 Å². The Balaban J connectivity index is 1.82. The van der Waals surface area contributed by atoms with Gasteiger partial charge in [-0.05, 0) is 32.4 Å². The van der Waals surface area contributed by atoms with Gasteiger partial charge in [-0.3, -0.25) is 4.90 Å². The van der Waals surface area contributed by atoms with Gasteiger partial charge in [0.25, 0.3) is 0 Å². The maximum atomic E-state index is 10.7. The molecule has 1 saturated heterocycles. The fraction of sp³-hybridized carbons (Fsp3) is 0.625. The molecule has 0 aromatic heterocycles. The maximum Gasteiger partial charge on any atom is 0.125 e. The van der Waals surface area contributed by atoms with Gasteiger partial charge in [0.15, 0.2) is 0 Å². The third-order valence-electron chi connectivity index (χ3n) is 4.54. The van der Waals surface area contributed by atoms with Crippen molar-refractivity contribution in [3.05, 3.63) is 29.8 Å². The first-order valence-corrected chi connectivity index (χ1v) is 7.43. The van der Waals surface area contributed by atoms with Crippen LogP contribution in [0.1, 0.15) is 44.3 Å². The zero-order chi connectivity index (χ0) is 13.2. The number of fused-ring (bicyclic) bond motifs is 1. The van der Waals surface area contributed by atoms with Crippen molar-refractivity contribution in [3.63, 3.8) is 0 Å². The van der Waals surface area contributed by atoms with E-state index in [4.69, 9.17) is 4.74 Å². The van der Waals surface area contributed by atoms with Gasteiger partial charge in [0.1, 0.15) is 18.5 Å². The molecular weight excluding hydrogens is 238 g/mol. The van der Waals surface area contributed by atoms with E-state index >= 15 is 0 Å². The van der Waals surface area contributed by atoms with Crippen LogP contribution in [0.5, 0.6) is 5.75 Å². The quantitative estimate of drug-likeness (QED) is 0.843. The van der Waals surface area contributed by atoms with Crippen LogP contribution in [0.3, 0.4) is 0 Å². The lowest BCUT2D eigenvalue weighted by Gasteiger charge is -2.40. The average molecular weight is 261 g/mol. The predicted molar refractivity (Wildman–Crippen MR) is 75.3 cm³/mol. The SMILES string of the molecule is CC1CCCCCN1C1COc2ccccc2C1O. The molecule has 1 aromatic rings. The summed E-state index contributed by atoms with van der Waals surface area (Å²) in [7, 11) is 0. The van der Waals surface area contributed by atoms with Crippen LogP contribution >= 0.6 is 0 Å². The van der Waals surface area contributed by atoms with E-state index in [0.717, 1.165) is 17.9 Å². The van der Waals surface area contributed by atoms with E-state index < -0.39 is 6.10 Å². The summed E-state index contributed by atoms with van der Waals surface area (Å²) in [5, 5.41) is 10.7. The summed E-state index contributed by atoms with van der Waals surface area (Å²) in [6.45, 7) is 3.95. The Hall–Kier alpha value is -1.06. The molecule has 0 radical (unpaired) electrons. The van der Waals surface area contributed by atoms with Gasteiger partial charge in [-0.2, -0.15) is 0 Å². The molecular formula is C16H23NO2. The maximum absolute atomic E-state index is 10.7.